The second-order valence-electron chi connectivity index (χ2n) is 4.77. The molecule has 0 bridgehead atoms. The molecule has 0 fully saturated rings. The summed E-state index contributed by atoms with van der Waals surface area (Å²) in [5, 5.41) is 0.593. The van der Waals surface area contributed by atoms with Gasteiger partial charge in [0.05, 0.1) is 0 Å². The Hall–Kier alpha value is -1.93. The molecule has 0 aliphatic rings. The van der Waals surface area contributed by atoms with Crippen molar-refractivity contribution in [3.8, 4) is 0 Å². The Bertz CT molecular complexity index is 603. The van der Waals surface area contributed by atoms with Crippen molar-refractivity contribution in [2.75, 3.05) is 0 Å². The van der Waals surface area contributed by atoms with Gasteiger partial charge in [0, 0.05) is 28.5 Å². The molecule has 0 saturated carbocycles. The molecule has 2 rings (SSSR count). The van der Waals surface area contributed by atoms with E-state index in [9.17, 15) is 9.59 Å². The minimum atomic E-state index is -0.333. The average Bonchev–Trinajstić information content (AvgIpc) is 2.48. The molecule has 0 aliphatic heterocycles. The highest BCUT2D eigenvalue weighted by Gasteiger charge is 2.19. The van der Waals surface area contributed by atoms with Crippen LogP contribution in [0.15, 0.2) is 54.6 Å². The Kier molecular flexibility index (Phi) is 4.70. The highest BCUT2D eigenvalue weighted by atomic mass is 35.5. The van der Waals surface area contributed by atoms with Gasteiger partial charge in [0.25, 0.3) is 0 Å². The van der Waals surface area contributed by atoms with Crippen molar-refractivity contribution in [1.82, 2.24) is 0 Å². The van der Waals surface area contributed by atoms with Crippen LogP contribution in [0.1, 0.15) is 34.1 Å². The fourth-order valence-electron chi connectivity index (χ4n) is 2.01. The molecule has 102 valence electrons. The molecule has 2 aromatic carbocycles. The zero-order chi connectivity index (χ0) is 14.5. The molecule has 1 atom stereocenters. The molecule has 0 heterocycles. The first kappa shape index (κ1) is 14.5. The predicted octanol–water partition coefficient (Wildman–Crippen LogP) is 4.43. The summed E-state index contributed by atoms with van der Waals surface area (Å²) in [6.07, 6.45) is 0.204. The van der Waals surface area contributed by atoms with Gasteiger partial charge in [-0.2, -0.15) is 0 Å². The summed E-state index contributed by atoms with van der Waals surface area (Å²) in [7, 11) is 0. The second-order valence-corrected chi connectivity index (χ2v) is 5.20. The van der Waals surface area contributed by atoms with E-state index in [4.69, 9.17) is 11.6 Å². The summed E-state index contributed by atoms with van der Waals surface area (Å²) in [6.45, 7) is 1.78. The molecular formula is C17H15ClO2. The third kappa shape index (κ3) is 3.55. The summed E-state index contributed by atoms with van der Waals surface area (Å²) >= 11 is 5.79. The van der Waals surface area contributed by atoms with Crippen LogP contribution in [0.5, 0.6) is 0 Å². The van der Waals surface area contributed by atoms with E-state index in [2.05, 4.69) is 0 Å². The molecule has 2 aromatic rings. The molecule has 20 heavy (non-hydrogen) atoms. The maximum atomic E-state index is 12.2. The SMILES string of the molecule is CC(CC(=O)c1ccc(Cl)cc1)C(=O)c1ccccc1. The minimum absolute atomic E-state index is 0.00656. The van der Waals surface area contributed by atoms with Gasteiger partial charge in [-0.05, 0) is 24.3 Å². The molecule has 0 aliphatic carbocycles. The van der Waals surface area contributed by atoms with Crippen LogP contribution in [-0.2, 0) is 0 Å². The minimum Gasteiger partial charge on any atom is -0.294 e. The van der Waals surface area contributed by atoms with Gasteiger partial charge in [-0.25, -0.2) is 0 Å². The van der Waals surface area contributed by atoms with E-state index in [-0.39, 0.29) is 23.9 Å². The van der Waals surface area contributed by atoms with E-state index in [1.807, 2.05) is 18.2 Å². The summed E-state index contributed by atoms with van der Waals surface area (Å²) in [5.74, 6) is -0.382. The van der Waals surface area contributed by atoms with Crippen molar-refractivity contribution < 1.29 is 9.59 Å². The first-order chi connectivity index (χ1) is 9.58. The second kappa shape index (κ2) is 6.49. The fourth-order valence-corrected chi connectivity index (χ4v) is 2.14. The number of Topliss-reactive ketones (excluding diaryl/α,β-unsaturated/α-hetero) is 2. The molecule has 0 N–H and O–H groups in total. The van der Waals surface area contributed by atoms with E-state index in [0.717, 1.165) is 0 Å². The quantitative estimate of drug-likeness (QED) is 0.762. The molecule has 0 aromatic heterocycles. The van der Waals surface area contributed by atoms with E-state index in [1.54, 1.807) is 43.3 Å². The molecule has 3 heteroatoms. The molecule has 1 unspecified atom stereocenters. The van der Waals surface area contributed by atoms with Gasteiger partial charge in [0.15, 0.2) is 11.6 Å². The van der Waals surface area contributed by atoms with E-state index < -0.39 is 0 Å². The summed E-state index contributed by atoms with van der Waals surface area (Å²) in [4.78, 5) is 24.3. The van der Waals surface area contributed by atoms with Crippen LogP contribution >= 0.6 is 11.6 Å². The Balaban J connectivity index is 2.04. The van der Waals surface area contributed by atoms with Gasteiger partial charge in [-0.1, -0.05) is 48.9 Å². The smallest absolute Gasteiger partial charge is 0.166 e. The highest BCUT2D eigenvalue weighted by molar-refractivity contribution is 6.30. The Morgan fingerprint density at radius 3 is 2.15 bits per heavy atom. The third-order valence-corrected chi connectivity index (χ3v) is 3.42. The molecule has 0 amide bonds. The van der Waals surface area contributed by atoms with Crippen molar-refractivity contribution in [2.24, 2.45) is 5.92 Å². The van der Waals surface area contributed by atoms with Crippen molar-refractivity contribution in [3.63, 3.8) is 0 Å². The lowest BCUT2D eigenvalue weighted by Gasteiger charge is -2.09. The molecule has 0 radical (unpaired) electrons. The Labute approximate surface area is 123 Å². The number of halogens is 1. The van der Waals surface area contributed by atoms with Gasteiger partial charge >= 0.3 is 0 Å². The van der Waals surface area contributed by atoms with Crippen LogP contribution in [0.3, 0.4) is 0 Å². The lowest BCUT2D eigenvalue weighted by atomic mass is 9.92. The van der Waals surface area contributed by atoms with Crippen molar-refractivity contribution in [1.29, 1.82) is 0 Å². The first-order valence-electron chi connectivity index (χ1n) is 6.46. The molecule has 0 saturated heterocycles. The number of hydrogen-bond donors (Lipinski definition) is 0. The van der Waals surface area contributed by atoms with Crippen LogP contribution < -0.4 is 0 Å². The van der Waals surface area contributed by atoms with Gasteiger partial charge in [-0.15, -0.1) is 0 Å². The lowest BCUT2D eigenvalue weighted by molar-refractivity contribution is 0.0863. The van der Waals surface area contributed by atoms with Crippen LogP contribution in [0.4, 0.5) is 0 Å². The molecule has 2 nitrogen and oxygen atoms in total. The lowest BCUT2D eigenvalue weighted by Crippen LogP contribution is -2.15. The van der Waals surface area contributed by atoms with Crippen LogP contribution in [0, 0.1) is 5.92 Å². The maximum Gasteiger partial charge on any atom is 0.166 e. The van der Waals surface area contributed by atoms with Crippen molar-refractivity contribution in [2.45, 2.75) is 13.3 Å². The normalized spacial score (nSPS) is 11.9. The number of rotatable bonds is 5. The largest absolute Gasteiger partial charge is 0.294 e. The number of carbonyl (C=O) groups is 2. The van der Waals surface area contributed by atoms with Crippen LogP contribution in [0.25, 0.3) is 0 Å². The topological polar surface area (TPSA) is 34.1 Å². The average molecular weight is 287 g/mol. The summed E-state index contributed by atoms with van der Waals surface area (Å²) in [5.41, 5.74) is 1.23. The van der Waals surface area contributed by atoms with E-state index >= 15 is 0 Å². The fraction of sp³-hybridized carbons (Fsp3) is 0.176. The monoisotopic (exact) mass is 286 g/mol. The summed E-state index contributed by atoms with van der Waals surface area (Å²) in [6, 6.07) is 15.8. The standard InChI is InChI=1S/C17H15ClO2/c1-12(17(20)14-5-3-2-4-6-14)11-16(19)13-7-9-15(18)10-8-13/h2-10,12H,11H2,1H3. The number of benzene rings is 2. The first-order valence-corrected chi connectivity index (χ1v) is 6.84. The predicted molar refractivity (Wildman–Crippen MR) is 80.3 cm³/mol. The number of carbonyl (C=O) groups excluding carboxylic acids is 2. The van der Waals surface area contributed by atoms with Crippen molar-refractivity contribution >= 4 is 23.2 Å². The van der Waals surface area contributed by atoms with Gasteiger partial charge < -0.3 is 0 Å². The van der Waals surface area contributed by atoms with Gasteiger partial charge in [0.2, 0.25) is 0 Å². The van der Waals surface area contributed by atoms with Gasteiger partial charge in [0.1, 0.15) is 0 Å². The van der Waals surface area contributed by atoms with Crippen LogP contribution in [0.2, 0.25) is 5.02 Å². The van der Waals surface area contributed by atoms with Crippen LogP contribution in [-0.4, -0.2) is 11.6 Å². The summed E-state index contributed by atoms with van der Waals surface area (Å²) < 4.78 is 0. The molecule has 0 spiro atoms. The number of hydrogen-bond acceptors (Lipinski definition) is 2. The van der Waals surface area contributed by atoms with Gasteiger partial charge in [-0.3, -0.25) is 9.59 Å². The van der Waals surface area contributed by atoms with E-state index in [1.165, 1.54) is 0 Å². The highest BCUT2D eigenvalue weighted by Crippen LogP contribution is 2.17. The zero-order valence-corrected chi connectivity index (χ0v) is 11.9. The number of ketones is 2. The zero-order valence-electron chi connectivity index (χ0n) is 11.2. The molecular weight excluding hydrogens is 272 g/mol. The third-order valence-electron chi connectivity index (χ3n) is 3.16. The Morgan fingerprint density at radius 2 is 1.55 bits per heavy atom. The van der Waals surface area contributed by atoms with Crippen molar-refractivity contribution in [3.05, 3.63) is 70.7 Å². The Morgan fingerprint density at radius 1 is 0.950 bits per heavy atom. The maximum absolute atomic E-state index is 12.2. The van der Waals surface area contributed by atoms with E-state index in [0.29, 0.717) is 16.1 Å².